The molecule has 0 heterocycles. The van der Waals surface area contributed by atoms with Crippen molar-refractivity contribution in [1.82, 2.24) is 0 Å². The number of hydrogen-bond acceptors (Lipinski definition) is 2. The van der Waals surface area contributed by atoms with Crippen LogP contribution in [0.3, 0.4) is 0 Å². The van der Waals surface area contributed by atoms with Crippen molar-refractivity contribution >= 4 is 11.6 Å². The maximum atomic E-state index is 11.4. The predicted octanol–water partition coefficient (Wildman–Crippen LogP) is 2.75. The molecule has 0 spiro atoms. The number of hydrogen-bond donors (Lipinski definition) is 0. The largest absolute Gasteiger partial charge is 0.299 e. The zero-order chi connectivity index (χ0) is 10.8. The van der Waals surface area contributed by atoms with Crippen LogP contribution in [-0.2, 0) is 9.59 Å². The predicted molar refractivity (Wildman–Crippen MR) is 58.5 cm³/mol. The molecule has 0 radical (unpaired) electrons. The minimum atomic E-state index is 0.176. The van der Waals surface area contributed by atoms with Gasteiger partial charge in [0, 0.05) is 12.8 Å². The van der Waals surface area contributed by atoms with Crippen molar-refractivity contribution in [3.63, 3.8) is 0 Å². The average molecular weight is 208 g/mol. The summed E-state index contributed by atoms with van der Waals surface area (Å²) in [6.45, 7) is 2.30. The second kappa shape index (κ2) is 4.46. The third kappa shape index (κ3) is 2.67. The first kappa shape index (κ1) is 10.8. The van der Waals surface area contributed by atoms with Crippen molar-refractivity contribution in [1.29, 1.82) is 0 Å². The molecule has 0 aromatic carbocycles. The molecule has 0 aromatic heterocycles. The molecule has 2 nitrogen and oxygen atoms in total. The molecule has 0 aliphatic heterocycles. The van der Waals surface area contributed by atoms with E-state index in [1.807, 2.05) is 0 Å². The van der Waals surface area contributed by atoms with Gasteiger partial charge < -0.3 is 0 Å². The lowest BCUT2D eigenvalue weighted by Crippen LogP contribution is -2.30. The minimum absolute atomic E-state index is 0.176. The molecular formula is C13H20O2. The fraction of sp³-hybridized carbons (Fsp3) is 0.846. The molecule has 2 saturated carbocycles. The molecule has 0 N–H and O–H groups in total. The van der Waals surface area contributed by atoms with E-state index in [9.17, 15) is 9.59 Å². The molecule has 2 aliphatic carbocycles. The average Bonchev–Trinajstić information content (AvgIpc) is 2.17. The molecule has 2 fully saturated rings. The molecule has 0 aromatic rings. The van der Waals surface area contributed by atoms with Gasteiger partial charge in [-0.2, -0.15) is 0 Å². The zero-order valence-corrected chi connectivity index (χ0v) is 9.50. The van der Waals surface area contributed by atoms with E-state index in [1.165, 1.54) is 25.7 Å². The lowest BCUT2D eigenvalue weighted by atomic mass is 9.71. The molecule has 2 heteroatoms. The Labute approximate surface area is 91.4 Å². The second-order valence-electron chi connectivity index (χ2n) is 5.44. The van der Waals surface area contributed by atoms with Crippen LogP contribution >= 0.6 is 0 Å². The van der Waals surface area contributed by atoms with Gasteiger partial charge in [-0.3, -0.25) is 9.59 Å². The van der Waals surface area contributed by atoms with Crippen LogP contribution in [0.1, 0.15) is 51.9 Å². The van der Waals surface area contributed by atoms with E-state index in [2.05, 4.69) is 6.92 Å². The molecule has 2 rings (SSSR count). The van der Waals surface area contributed by atoms with E-state index in [0.29, 0.717) is 24.7 Å². The summed E-state index contributed by atoms with van der Waals surface area (Å²) in [5, 5.41) is 0. The van der Waals surface area contributed by atoms with Crippen molar-refractivity contribution in [3.8, 4) is 0 Å². The topological polar surface area (TPSA) is 34.1 Å². The molecule has 0 bridgehead atoms. The summed E-state index contributed by atoms with van der Waals surface area (Å²) in [4.78, 5) is 22.7. The number of Topliss-reactive ketones (excluding diaryl/α,β-unsaturated/α-hetero) is 2. The van der Waals surface area contributed by atoms with Crippen LogP contribution in [0.5, 0.6) is 0 Å². The van der Waals surface area contributed by atoms with Gasteiger partial charge in [0.2, 0.25) is 0 Å². The first-order valence-electron chi connectivity index (χ1n) is 6.18. The fourth-order valence-corrected chi connectivity index (χ4v) is 3.11. The molecule has 84 valence electrons. The van der Waals surface area contributed by atoms with E-state index in [-0.39, 0.29) is 18.0 Å². The number of carbonyl (C=O) groups excluding carboxylic acids is 2. The molecule has 0 unspecified atom stereocenters. The van der Waals surface area contributed by atoms with Crippen LogP contribution < -0.4 is 0 Å². The van der Waals surface area contributed by atoms with Gasteiger partial charge >= 0.3 is 0 Å². The van der Waals surface area contributed by atoms with Crippen molar-refractivity contribution in [2.24, 2.45) is 17.8 Å². The Morgan fingerprint density at radius 2 is 1.40 bits per heavy atom. The van der Waals surface area contributed by atoms with Gasteiger partial charge in [0.15, 0.2) is 0 Å². The van der Waals surface area contributed by atoms with Gasteiger partial charge in [-0.1, -0.05) is 19.8 Å². The first-order chi connectivity index (χ1) is 7.15. The smallest absolute Gasteiger partial charge is 0.140 e. The Morgan fingerprint density at radius 3 is 1.93 bits per heavy atom. The summed E-state index contributed by atoms with van der Waals surface area (Å²) in [6.07, 6.45) is 6.57. The summed E-state index contributed by atoms with van der Waals surface area (Å²) in [7, 11) is 0. The normalized spacial score (nSPS) is 34.5. The van der Waals surface area contributed by atoms with Crippen molar-refractivity contribution in [2.75, 3.05) is 0 Å². The lowest BCUT2D eigenvalue weighted by molar-refractivity contribution is -0.132. The summed E-state index contributed by atoms with van der Waals surface area (Å²) >= 11 is 0. The lowest BCUT2D eigenvalue weighted by Gasteiger charge is -2.33. The Kier molecular flexibility index (Phi) is 3.22. The van der Waals surface area contributed by atoms with Crippen molar-refractivity contribution in [2.45, 2.75) is 51.9 Å². The van der Waals surface area contributed by atoms with Gasteiger partial charge in [-0.15, -0.1) is 0 Å². The fourth-order valence-electron chi connectivity index (χ4n) is 3.11. The maximum absolute atomic E-state index is 11.4. The van der Waals surface area contributed by atoms with Crippen LogP contribution in [0.25, 0.3) is 0 Å². The number of rotatable bonds is 1. The number of ketones is 2. The molecule has 2 aliphatic rings. The second-order valence-corrected chi connectivity index (χ2v) is 5.44. The first-order valence-corrected chi connectivity index (χ1v) is 6.18. The summed E-state index contributed by atoms with van der Waals surface area (Å²) in [6, 6.07) is 0. The molecular weight excluding hydrogens is 188 g/mol. The monoisotopic (exact) mass is 208 g/mol. The van der Waals surface area contributed by atoms with Gasteiger partial charge in [0.05, 0.1) is 6.42 Å². The highest BCUT2D eigenvalue weighted by Gasteiger charge is 2.32. The molecule has 15 heavy (non-hydrogen) atoms. The van der Waals surface area contributed by atoms with E-state index in [4.69, 9.17) is 0 Å². The third-order valence-electron chi connectivity index (χ3n) is 4.10. The van der Waals surface area contributed by atoms with Gasteiger partial charge in [0.25, 0.3) is 0 Å². The van der Waals surface area contributed by atoms with Crippen LogP contribution in [0.4, 0.5) is 0 Å². The summed E-state index contributed by atoms with van der Waals surface area (Å²) < 4.78 is 0. The Balaban J connectivity index is 1.92. The van der Waals surface area contributed by atoms with Crippen LogP contribution in [0.2, 0.25) is 0 Å². The minimum Gasteiger partial charge on any atom is -0.299 e. The van der Waals surface area contributed by atoms with E-state index >= 15 is 0 Å². The standard InChI is InChI=1S/C13H20O2/c1-9-2-4-10(5-3-9)11-6-12(14)8-13(15)7-11/h9-11H,2-8H2,1H3. The van der Waals surface area contributed by atoms with Gasteiger partial charge in [-0.25, -0.2) is 0 Å². The zero-order valence-electron chi connectivity index (χ0n) is 9.50. The number of carbonyl (C=O) groups is 2. The van der Waals surface area contributed by atoms with Crippen molar-refractivity contribution in [3.05, 3.63) is 0 Å². The molecule has 0 saturated heterocycles. The highest BCUT2D eigenvalue weighted by molar-refractivity contribution is 6.01. The van der Waals surface area contributed by atoms with E-state index < -0.39 is 0 Å². The quantitative estimate of drug-likeness (QED) is 0.621. The Hall–Kier alpha value is -0.660. The third-order valence-corrected chi connectivity index (χ3v) is 4.10. The molecule has 0 amide bonds. The Morgan fingerprint density at radius 1 is 0.867 bits per heavy atom. The highest BCUT2D eigenvalue weighted by Crippen LogP contribution is 2.38. The maximum Gasteiger partial charge on any atom is 0.140 e. The van der Waals surface area contributed by atoms with Crippen molar-refractivity contribution < 1.29 is 9.59 Å². The van der Waals surface area contributed by atoms with Gasteiger partial charge in [-0.05, 0) is 30.6 Å². The van der Waals surface area contributed by atoms with Crippen LogP contribution in [-0.4, -0.2) is 11.6 Å². The summed E-state index contributed by atoms with van der Waals surface area (Å²) in [5.74, 6) is 2.22. The van der Waals surface area contributed by atoms with E-state index in [0.717, 1.165) is 5.92 Å². The van der Waals surface area contributed by atoms with Crippen LogP contribution in [0, 0.1) is 17.8 Å². The van der Waals surface area contributed by atoms with Gasteiger partial charge in [0.1, 0.15) is 11.6 Å². The van der Waals surface area contributed by atoms with E-state index in [1.54, 1.807) is 0 Å². The molecule has 0 atom stereocenters. The Bertz CT molecular complexity index is 246. The highest BCUT2D eigenvalue weighted by atomic mass is 16.1. The summed E-state index contributed by atoms with van der Waals surface area (Å²) in [5.41, 5.74) is 0. The van der Waals surface area contributed by atoms with Crippen LogP contribution in [0.15, 0.2) is 0 Å². The SMILES string of the molecule is CC1CCC(C2CC(=O)CC(=O)C2)CC1.